The van der Waals surface area contributed by atoms with Crippen LogP contribution in [0.3, 0.4) is 0 Å². The first-order valence-electron chi connectivity index (χ1n) is 5.84. The van der Waals surface area contributed by atoms with Crippen LogP contribution in [0.1, 0.15) is 32.6 Å². The summed E-state index contributed by atoms with van der Waals surface area (Å²) in [6, 6.07) is 0. The highest BCUT2D eigenvalue weighted by molar-refractivity contribution is 5.82. The van der Waals surface area contributed by atoms with Crippen molar-refractivity contribution in [1.29, 1.82) is 0 Å². The minimum absolute atomic E-state index is 0.135. The van der Waals surface area contributed by atoms with Crippen molar-refractivity contribution < 1.29 is 9.53 Å². The van der Waals surface area contributed by atoms with E-state index in [1.54, 1.807) is 0 Å². The van der Waals surface area contributed by atoms with E-state index in [0.717, 1.165) is 32.3 Å². The molecule has 15 heavy (non-hydrogen) atoms. The Morgan fingerprint density at radius 1 is 1.53 bits per heavy atom. The van der Waals surface area contributed by atoms with Crippen LogP contribution in [0.5, 0.6) is 0 Å². The van der Waals surface area contributed by atoms with E-state index in [9.17, 15) is 4.79 Å². The molecule has 1 atom stereocenters. The lowest BCUT2D eigenvalue weighted by molar-refractivity contribution is -0.154. The summed E-state index contributed by atoms with van der Waals surface area (Å²) >= 11 is 0. The number of ether oxygens (including phenoxy) is 1. The minimum atomic E-state index is -0.194. The van der Waals surface area contributed by atoms with Crippen molar-refractivity contribution >= 4 is 5.91 Å². The van der Waals surface area contributed by atoms with Crippen molar-refractivity contribution in [2.45, 2.75) is 44.2 Å². The number of rotatable bonds is 2. The second-order valence-corrected chi connectivity index (χ2v) is 4.77. The highest BCUT2D eigenvalue weighted by atomic mass is 16.5. The summed E-state index contributed by atoms with van der Waals surface area (Å²) < 4.78 is 5.47. The first-order chi connectivity index (χ1) is 7.14. The fourth-order valence-electron chi connectivity index (χ4n) is 2.23. The molecule has 2 fully saturated rings. The number of nitrogens with zero attached hydrogens (tertiary/aromatic N) is 1. The molecule has 2 heterocycles. The zero-order valence-electron chi connectivity index (χ0n) is 9.37. The molecule has 0 saturated carbocycles. The monoisotopic (exact) mass is 212 g/mol. The summed E-state index contributed by atoms with van der Waals surface area (Å²) in [6.07, 6.45) is 3.80. The van der Waals surface area contributed by atoms with E-state index in [-0.39, 0.29) is 17.6 Å². The molecule has 0 aromatic carbocycles. The molecule has 0 aromatic heterocycles. The van der Waals surface area contributed by atoms with Gasteiger partial charge in [0.15, 0.2) is 0 Å². The van der Waals surface area contributed by atoms with E-state index < -0.39 is 0 Å². The standard InChI is InChI=1S/C11H20N2O2/c1-2-11(12)7-13(8-11)10(14)9-5-3-4-6-15-9/h9H,2-8,12H2,1H3. The van der Waals surface area contributed by atoms with Crippen LogP contribution in [-0.4, -0.2) is 42.1 Å². The quantitative estimate of drug-likeness (QED) is 0.725. The Kier molecular flexibility index (Phi) is 2.98. The van der Waals surface area contributed by atoms with E-state index in [4.69, 9.17) is 10.5 Å². The van der Waals surface area contributed by atoms with Crippen molar-refractivity contribution in [1.82, 2.24) is 4.90 Å². The van der Waals surface area contributed by atoms with Gasteiger partial charge in [-0.05, 0) is 25.7 Å². The molecule has 4 heteroatoms. The first-order valence-corrected chi connectivity index (χ1v) is 5.84. The Balaban J connectivity index is 1.83. The molecule has 1 amide bonds. The maximum atomic E-state index is 11.9. The predicted octanol–water partition coefficient (Wildman–Crippen LogP) is 0.505. The maximum absolute atomic E-state index is 11.9. The molecule has 0 aliphatic carbocycles. The second kappa shape index (κ2) is 4.10. The first kappa shape index (κ1) is 10.9. The van der Waals surface area contributed by atoms with Crippen LogP contribution < -0.4 is 5.73 Å². The fourth-order valence-corrected chi connectivity index (χ4v) is 2.23. The molecule has 86 valence electrons. The van der Waals surface area contributed by atoms with Gasteiger partial charge in [0, 0.05) is 19.7 Å². The van der Waals surface area contributed by atoms with Crippen LogP contribution in [-0.2, 0) is 9.53 Å². The van der Waals surface area contributed by atoms with Gasteiger partial charge in [-0.15, -0.1) is 0 Å². The number of nitrogens with two attached hydrogens (primary N) is 1. The topological polar surface area (TPSA) is 55.6 Å². The SMILES string of the molecule is CCC1(N)CN(C(=O)C2CCCCO2)C1. The lowest BCUT2D eigenvalue weighted by atomic mass is 9.87. The number of amides is 1. The van der Waals surface area contributed by atoms with Crippen LogP contribution in [0.15, 0.2) is 0 Å². The Labute approximate surface area is 90.8 Å². The van der Waals surface area contributed by atoms with E-state index in [1.807, 2.05) is 4.90 Å². The Hall–Kier alpha value is -0.610. The van der Waals surface area contributed by atoms with Gasteiger partial charge in [-0.1, -0.05) is 6.92 Å². The molecular weight excluding hydrogens is 192 g/mol. The molecule has 0 spiro atoms. The molecular formula is C11H20N2O2. The molecule has 2 N–H and O–H groups in total. The molecule has 2 aliphatic rings. The Morgan fingerprint density at radius 3 is 2.80 bits per heavy atom. The largest absolute Gasteiger partial charge is 0.368 e. The van der Waals surface area contributed by atoms with Gasteiger partial charge in [-0.2, -0.15) is 0 Å². The summed E-state index contributed by atoms with van der Waals surface area (Å²) in [5.74, 6) is 0.143. The summed E-state index contributed by atoms with van der Waals surface area (Å²) in [7, 11) is 0. The number of carbonyl (C=O) groups excluding carboxylic acids is 1. The number of hydrogen-bond donors (Lipinski definition) is 1. The predicted molar refractivity (Wildman–Crippen MR) is 57.4 cm³/mol. The molecule has 2 rings (SSSR count). The highest BCUT2D eigenvalue weighted by Crippen LogP contribution is 2.24. The Bertz CT molecular complexity index is 243. The maximum Gasteiger partial charge on any atom is 0.251 e. The summed E-state index contributed by atoms with van der Waals surface area (Å²) in [5.41, 5.74) is 5.89. The fraction of sp³-hybridized carbons (Fsp3) is 0.909. The number of likely N-dealkylation sites (tertiary alicyclic amines) is 1. The number of hydrogen-bond acceptors (Lipinski definition) is 3. The summed E-state index contributed by atoms with van der Waals surface area (Å²) in [6.45, 7) is 4.19. The van der Waals surface area contributed by atoms with Gasteiger partial charge in [0.1, 0.15) is 6.10 Å². The molecule has 2 aliphatic heterocycles. The molecule has 0 bridgehead atoms. The minimum Gasteiger partial charge on any atom is -0.368 e. The van der Waals surface area contributed by atoms with Crippen LogP contribution >= 0.6 is 0 Å². The molecule has 4 nitrogen and oxygen atoms in total. The van der Waals surface area contributed by atoms with Crippen molar-refractivity contribution in [2.75, 3.05) is 19.7 Å². The normalized spacial score (nSPS) is 29.7. The van der Waals surface area contributed by atoms with Crippen molar-refractivity contribution in [3.05, 3.63) is 0 Å². The van der Waals surface area contributed by atoms with E-state index in [0.29, 0.717) is 13.1 Å². The third kappa shape index (κ3) is 2.16. The van der Waals surface area contributed by atoms with Gasteiger partial charge in [-0.3, -0.25) is 4.79 Å². The molecule has 1 unspecified atom stereocenters. The molecule has 2 saturated heterocycles. The van der Waals surface area contributed by atoms with E-state index in [2.05, 4.69) is 6.92 Å². The third-order valence-corrected chi connectivity index (χ3v) is 3.48. The highest BCUT2D eigenvalue weighted by Gasteiger charge is 2.42. The van der Waals surface area contributed by atoms with E-state index >= 15 is 0 Å². The smallest absolute Gasteiger partial charge is 0.251 e. The molecule has 0 aromatic rings. The summed E-state index contributed by atoms with van der Waals surface area (Å²) in [5, 5.41) is 0. The van der Waals surface area contributed by atoms with Gasteiger partial charge < -0.3 is 15.4 Å². The third-order valence-electron chi connectivity index (χ3n) is 3.48. The average Bonchev–Trinajstić information content (AvgIpc) is 2.25. The van der Waals surface area contributed by atoms with Crippen molar-refractivity contribution in [3.8, 4) is 0 Å². The van der Waals surface area contributed by atoms with Gasteiger partial charge in [-0.25, -0.2) is 0 Å². The van der Waals surface area contributed by atoms with Crippen LogP contribution in [0.2, 0.25) is 0 Å². The van der Waals surface area contributed by atoms with Crippen LogP contribution in [0.25, 0.3) is 0 Å². The summed E-state index contributed by atoms with van der Waals surface area (Å²) in [4.78, 5) is 13.8. The second-order valence-electron chi connectivity index (χ2n) is 4.77. The number of carbonyl (C=O) groups is 1. The van der Waals surface area contributed by atoms with Gasteiger partial charge in [0.25, 0.3) is 5.91 Å². The van der Waals surface area contributed by atoms with Gasteiger partial charge >= 0.3 is 0 Å². The average molecular weight is 212 g/mol. The van der Waals surface area contributed by atoms with Crippen LogP contribution in [0.4, 0.5) is 0 Å². The van der Waals surface area contributed by atoms with Crippen LogP contribution in [0, 0.1) is 0 Å². The molecule has 0 radical (unpaired) electrons. The zero-order valence-corrected chi connectivity index (χ0v) is 9.37. The Morgan fingerprint density at radius 2 is 2.27 bits per heavy atom. The van der Waals surface area contributed by atoms with Crippen molar-refractivity contribution in [2.24, 2.45) is 5.73 Å². The lowest BCUT2D eigenvalue weighted by Crippen LogP contribution is -2.69. The van der Waals surface area contributed by atoms with Crippen molar-refractivity contribution in [3.63, 3.8) is 0 Å². The van der Waals surface area contributed by atoms with E-state index in [1.165, 1.54) is 0 Å². The zero-order chi connectivity index (χ0) is 10.9. The van der Waals surface area contributed by atoms with Gasteiger partial charge in [0.2, 0.25) is 0 Å². The lowest BCUT2D eigenvalue weighted by Gasteiger charge is -2.48. The van der Waals surface area contributed by atoms with Gasteiger partial charge in [0.05, 0.1) is 5.54 Å².